The van der Waals surface area contributed by atoms with Gasteiger partial charge in [0.25, 0.3) is 0 Å². The largest absolute Gasteiger partial charge is 0.465 e. The molecule has 19 heavy (non-hydrogen) atoms. The van der Waals surface area contributed by atoms with E-state index in [9.17, 15) is 14.0 Å². The molecule has 0 radical (unpaired) electrons. The lowest BCUT2D eigenvalue weighted by atomic mass is 10.2. The molecule has 6 heteroatoms. The number of rotatable bonds is 5. The van der Waals surface area contributed by atoms with Crippen molar-refractivity contribution in [2.45, 2.75) is 20.0 Å². The standard InChI is InChI=1S/C13H16FNO4/c1-8(2)19-7-12(16)15-11-6-9(13(17)18-3)4-5-10(11)14/h4-6,8H,7H2,1-3H3,(H,15,16). The number of carbonyl (C=O) groups excluding carboxylic acids is 2. The molecule has 5 nitrogen and oxygen atoms in total. The number of ether oxygens (including phenoxy) is 2. The van der Waals surface area contributed by atoms with Crippen molar-refractivity contribution in [3.8, 4) is 0 Å². The highest BCUT2D eigenvalue weighted by atomic mass is 19.1. The van der Waals surface area contributed by atoms with Crippen LogP contribution in [0.1, 0.15) is 24.2 Å². The third-order valence-electron chi connectivity index (χ3n) is 2.21. The molecule has 0 saturated carbocycles. The number of methoxy groups -OCH3 is 1. The van der Waals surface area contributed by atoms with Crippen molar-refractivity contribution in [1.82, 2.24) is 0 Å². The molecule has 0 aromatic heterocycles. The van der Waals surface area contributed by atoms with Crippen molar-refractivity contribution in [1.29, 1.82) is 0 Å². The minimum absolute atomic E-state index is 0.0831. The van der Waals surface area contributed by atoms with Crippen LogP contribution in [0.15, 0.2) is 18.2 Å². The number of nitrogens with one attached hydrogen (secondary N) is 1. The fourth-order valence-corrected chi connectivity index (χ4v) is 1.29. The molecule has 0 heterocycles. The number of carbonyl (C=O) groups is 2. The molecule has 0 saturated heterocycles. The van der Waals surface area contributed by atoms with Crippen LogP contribution in [0.25, 0.3) is 0 Å². The summed E-state index contributed by atoms with van der Waals surface area (Å²) in [5.74, 6) is -1.73. The first-order valence-electron chi connectivity index (χ1n) is 5.73. The van der Waals surface area contributed by atoms with E-state index in [1.807, 2.05) is 0 Å². The lowest BCUT2D eigenvalue weighted by molar-refractivity contribution is -0.121. The van der Waals surface area contributed by atoms with E-state index in [0.717, 1.165) is 6.07 Å². The first-order valence-corrected chi connectivity index (χ1v) is 5.73. The number of hydrogen-bond acceptors (Lipinski definition) is 4. The number of amides is 1. The summed E-state index contributed by atoms with van der Waals surface area (Å²) < 4.78 is 23.1. The average Bonchev–Trinajstić information content (AvgIpc) is 2.38. The summed E-state index contributed by atoms with van der Waals surface area (Å²) in [5, 5.41) is 2.34. The summed E-state index contributed by atoms with van der Waals surface area (Å²) in [6, 6.07) is 3.58. The number of halogens is 1. The van der Waals surface area contributed by atoms with Gasteiger partial charge in [-0.25, -0.2) is 9.18 Å². The van der Waals surface area contributed by atoms with Crippen molar-refractivity contribution in [2.75, 3.05) is 19.0 Å². The maximum absolute atomic E-state index is 13.5. The number of hydrogen-bond donors (Lipinski definition) is 1. The van der Waals surface area contributed by atoms with Crippen LogP contribution in [-0.4, -0.2) is 31.7 Å². The van der Waals surface area contributed by atoms with E-state index < -0.39 is 17.7 Å². The van der Waals surface area contributed by atoms with E-state index in [0.29, 0.717) is 0 Å². The van der Waals surface area contributed by atoms with Crippen molar-refractivity contribution >= 4 is 17.6 Å². The van der Waals surface area contributed by atoms with Crippen LogP contribution in [0.3, 0.4) is 0 Å². The van der Waals surface area contributed by atoms with Crippen molar-refractivity contribution in [3.05, 3.63) is 29.6 Å². The Balaban J connectivity index is 2.77. The molecular formula is C13H16FNO4. The van der Waals surface area contributed by atoms with E-state index in [1.165, 1.54) is 19.2 Å². The summed E-state index contributed by atoms with van der Waals surface area (Å²) in [5.41, 5.74) is 0.0734. The Bertz CT molecular complexity index is 474. The minimum Gasteiger partial charge on any atom is -0.465 e. The Morgan fingerprint density at radius 2 is 2.05 bits per heavy atom. The van der Waals surface area contributed by atoms with Gasteiger partial charge in [0.15, 0.2) is 0 Å². The summed E-state index contributed by atoms with van der Waals surface area (Å²) in [4.78, 5) is 22.8. The molecule has 0 spiro atoms. The Hall–Kier alpha value is -1.95. The molecule has 0 unspecified atom stereocenters. The second-order valence-corrected chi connectivity index (χ2v) is 4.09. The summed E-state index contributed by atoms with van der Waals surface area (Å²) in [6.07, 6.45) is -0.1000. The van der Waals surface area contributed by atoms with Gasteiger partial charge in [0.1, 0.15) is 12.4 Å². The van der Waals surface area contributed by atoms with Gasteiger partial charge in [-0.2, -0.15) is 0 Å². The predicted octanol–water partition coefficient (Wildman–Crippen LogP) is 1.98. The summed E-state index contributed by atoms with van der Waals surface area (Å²) in [6.45, 7) is 3.39. The molecule has 0 bridgehead atoms. The fraction of sp³-hybridized carbons (Fsp3) is 0.385. The zero-order valence-corrected chi connectivity index (χ0v) is 11.0. The number of anilines is 1. The second-order valence-electron chi connectivity index (χ2n) is 4.09. The van der Waals surface area contributed by atoms with Crippen LogP contribution >= 0.6 is 0 Å². The zero-order valence-electron chi connectivity index (χ0n) is 11.0. The molecule has 1 amide bonds. The highest BCUT2D eigenvalue weighted by Crippen LogP contribution is 2.16. The molecule has 0 aliphatic rings. The summed E-state index contributed by atoms with van der Waals surface area (Å²) >= 11 is 0. The fourth-order valence-electron chi connectivity index (χ4n) is 1.29. The Morgan fingerprint density at radius 1 is 1.37 bits per heavy atom. The maximum Gasteiger partial charge on any atom is 0.337 e. The normalized spacial score (nSPS) is 10.4. The lowest BCUT2D eigenvalue weighted by Gasteiger charge is -2.10. The van der Waals surface area contributed by atoms with Gasteiger partial charge in [-0.1, -0.05) is 0 Å². The van der Waals surface area contributed by atoms with Gasteiger partial charge >= 0.3 is 5.97 Å². The third-order valence-corrected chi connectivity index (χ3v) is 2.21. The highest BCUT2D eigenvalue weighted by molar-refractivity contribution is 5.95. The van der Waals surface area contributed by atoms with Gasteiger partial charge in [-0.05, 0) is 32.0 Å². The van der Waals surface area contributed by atoms with Crippen LogP contribution < -0.4 is 5.32 Å². The van der Waals surface area contributed by atoms with Gasteiger partial charge in [-0.3, -0.25) is 4.79 Å². The topological polar surface area (TPSA) is 64.6 Å². The lowest BCUT2D eigenvalue weighted by Crippen LogP contribution is -2.21. The summed E-state index contributed by atoms with van der Waals surface area (Å²) in [7, 11) is 1.22. The Morgan fingerprint density at radius 3 is 2.63 bits per heavy atom. The molecule has 104 valence electrons. The third kappa shape index (κ3) is 4.67. The Labute approximate surface area is 110 Å². The molecule has 0 fully saturated rings. The molecular weight excluding hydrogens is 253 g/mol. The maximum atomic E-state index is 13.5. The highest BCUT2D eigenvalue weighted by Gasteiger charge is 2.12. The van der Waals surface area contributed by atoms with E-state index in [1.54, 1.807) is 13.8 Å². The van der Waals surface area contributed by atoms with Gasteiger partial charge in [0.05, 0.1) is 24.5 Å². The first-order chi connectivity index (χ1) is 8.93. The Kier molecular flexibility index (Phi) is 5.44. The van der Waals surface area contributed by atoms with Gasteiger partial charge in [0, 0.05) is 0 Å². The van der Waals surface area contributed by atoms with Gasteiger partial charge in [0.2, 0.25) is 5.91 Å². The van der Waals surface area contributed by atoms with Crippen molar-refractivity contribution < 1.29 is 23.5 Å². The van der Waals surface area contributed by atoms with Crippen molar-refractivity contribution in [2.24, 2.45) is 0 Å². The number of benzene rings is 1. The molecule has 1 aromatic rings. The molecule has 1 aromatic carbocycles. The molecule has 0 atom stereocenters. The van der Waals surface area contributed by atoms with E-state index in [-0.39, 0.29) is 24.0 Å². The molecule has 1 N–H and O–H groups in total. The smallest absolute Gasteiger partial charge is 0.337 e. The molecule has 1 rings (SSSR count). The predicted molar refractivity (Wildman–Crippen MR) is 67.5 cm³/mol. The minimum atomic E-state index is -0.634. The van der Waals surface area contributed by atoms with Crippen LogP contribution in [0.4, 0.5) is 10.1 Å². The number of esters is 1. The van der Waals surface area contributed by atoms with E-state index in [4.69, 9.17) is 4.74 Å². The second kappa shape index (κ2) is 6.84. The van der Waals surface area contributed by atoms with Crippen molar-refractivity contribution in [3.63, 3.8) is 0 Å². The van der Waals surface area contributed by atoms with Gasteiger partial charge < -0.3 is 14.8 Å². The molecule has 0 aliphatic heterocycles. The average molecular weight is 269 g/mol. The van der Waals surface area contributed by atoms with Crippen LogP contribution in [0, 0.1) is 5.82 Å². The zero-order chi connectivity index (χ0) is 14.4. The van der Waals surface area contributed by atoms with Crippen LogP contribution in [0.5, 0.6) is 0 Å². The van der Waals surface area contributed by atoms with Crippen LogP contribution in [-0.2, 0) is 14.3 Å². The van der Waals surface area contributed by atoms with E-state index >= 15 is 0 Å². The van der Waals surface area contributed by atoms with E-state index in [2.05, 4.69) is 10.1 Å². The molecule has 0 aliphatic carbocycles. The van der Waals surface area contributed by atoms with Gasteiger partial charge in [-0.15, -0.1) is 0 Å². The SMILES string of the molecule is COC(=O)c1ccc(F)c(NC(=O)COC(C)C)c1. The monoisotopic (exact) mass is 269 g/mol. The first kappa shape index (κ1) is 15.1. The quantitative estimate of drug-likeness (QED) is 0.830. The van der Waals surface area contributed by atoms with Crippen LogP contribution in [0.2, 0.25) is 0 Å².